The van der Waals surface area contributed by atoms with Crippen molar-refractivity contribution in [3.8, 4) is 0 Å². The van der Waals surface area contributed by atoms with E-state index in [1.54, 1.807) is 0 Å². The zero-order valence-electron chi connectivity index (χ0n) is 16.6. The van der Waals surface area contributed by atoms with Crippen molar-refractivity contribution in [1.82, 2.24) is 15.1 Å². The number of amides is 1. The van der Waals surface area contributed by atoms with E-state index in [-0.39, 0.29) is 11.9 Å². The number of fused-ring (bicyclic) bond motifs is 1. The smallest absolute Gasteiger partial charge is 0.234 e. The second-order valence-corrected chi connectivity index (χ2v) is 8.10. The lowest BCUT2D eigenvalue weighted by Crippen LogP contribution is -2.41. The minimum Gasteiger partial charge on any atom is -0.348 e. The minimum atomic E-state index is 0.165. The second kappa shape index (κ2) is 9.35. The Morgan fingerprint density at radius 3 is 2.54 bits per heavy atom. The van der Waals surface area contributed by atoms with Crippen LogP contribution in [0.3, 0.4) is 0 Å². The largest absolute Gasteiger partial charge is 0.348 e. The molecule has 0 spiro atoms. The molecule has 1 N–H and O–H groups in total. The van der Waals surface area contributed by atoms with Crippen molar-refractivity contribution in [2.24, 2.45) is 0 Å². The summed E-state index contributed by atoms with van der Waals surface area (Å²) in [6, 6.07) is 19.4. The molecule has 148 valence electrons. The summed E-state index contributed by atoms with van der Waals surface area (Å²) in [4.78, 5) is 17.5. The summed E-state index contributed by atoms with van der Waals surface area (Å²) in [7, 11) is 0. The molecule has 1 saturated heterocycles. The van der Waals surface area contributed by atoms with Crippen LogP contribution in [0, 0.1) is 0 Å². The van der Waals surface area contributed by atoms with Gasteiger partial charge in [0.1, 0.15) is 0 Å². The van der Waals surface area contributed by atoms with Gasteiger partial charge in [-0.25, -0.2) is 0 Å². The van der Waals surface area contributed by atoms with Gasteiger partial charge in [0.05, 0.1) is 12.6 Å². The topological polar surface area (TPSA) is 35.6 Å². The molecule has 2 aromatic rings. The number of carbonyl (C=O) groups excluding carboxylic acids is 1. The molecule has 1 unspecified atom stereocenters. The van der Waals surface area contributed by atoms with Crippen LogP contribution in [0.25, 0.3) is 0 Å². The molecule has 1 aliphatic carbocycles. The zero-order valence-corrected chi connectivity index (χ0v) is 16.6. The molecular formula is C24H31N3O. The van der Waals surface area contributed by atoms with E-state index in [0.29, 0.717) is 6.54 Å². The van der Waals surface area contributed by atoms with Gasteiger partial charge in [0.15, 0.2) is 0 Å². The summed E-state index contributed by atoms with van der Waals surface area (Å²) in [6.45, 7) is 5.59. The number of benzene rings is 2. The standard InChI is InChI=1S/C24H31N3O/c28-24(25-23-13-6-11-21-10-4-5-12-22(21)23)19-27-15-7-14-26(16-17-27)18-20-8-2-1-3-9-20/h1-5,8-10,12,23H,6-7,11,13-19H2,(H,25,28). The van der Waals surface area contributed by atoms with E-state index in [1.807, 2.05) is 0 Å². The third-order valence-electron chi connectivity index (χ3n) is 6.00. The minimum absolute atomic E-state index is 0.165. The van der Waals surface area contributed by atoms with E-state index >= 15 is 0 Å². The van der Waals surface area contributed by atoms with Crippen molar-refractivity contribution in [2.75, 3.05) is 32.7 Å². The van der Waals surface area contributed by atoms with Crippen LogP contribution in [0.2, 0.25) is 0 Å². The van der Waals surface area contributed by atoms with Gasteiger partial charge in [-0.2, -0.15) is 0 Å². The lowest BCUT2D eigenvalue weighted by Gasteiger charge is -2.28. The van der Waals surface area contributed by atoms with E-state index in [4.69, 9.17) is 0 Å². The number of nitrogens with zero attached hydrogens (tertiary/aromatic N) is 2. The molecule has 0 saturated carbocycles. The third-order valence-corrected chi connectivity index (χ3v) is 6.00. The fourth-order valence-electron chi connectivity index (χ4n) is 4.53. The fraction of sp³-hybridized carbons (Fsp3) is 0.458. The molecule has 1 fully saturated rings. The molecule has 4 heteroatoms. The first-order valence-corrected chi connectivity index (χ1v) is 10.6. The van der Waals surface area contributed by atoms with Gasteiger partial charge < -0.3 is 5.32 Å². The maximum absolute atomic E-state index is 12.7. The highest BCUT2D eigenvalue weighted by atomic mass is 16.2. The second-order valence-electron chi connectivity index (χ2n) is 8.10. The summed E-state index contributed by atoms with van der Waals surface area (Å²) < 4.78 is 0. The highest BCUT2D eigenvalue weighted by Crippen LogP contribution is 2.29. The summed E-state index contributed by atoms with van der Waals surface area (Å²) in [5.74, 6) is 0.165. The Balaban J connectivity index is 1.27. The number of carbonyl (C=O) groups is 1. The number of nitrogens with one attached hydrogen (secondary N) is 1. The van der Waals surface area contributed by atoms with Gasteiger partial charge in [0.2, 0.25) is 5.91 Å². The SMILES string of the molecule is O=C(CN1CCCN(Cc2ccccc2)CC1)NC1CCCc2ccccc21. The first-order chi connectivity index (χ1) is 13.8. The Morgan fingerprint density at radius 2 is 1.64 bits per heavy atom. The average Bonchev–Trinajstić information content (AvgIpc) is 2.94. The third kappa shape index (κ3) is 5.00. The van der Waals surface area contributed by atoms with Gasteiger partial charge >= 0.3 is 0 Å². The van der Waals surface area contributed by atoms with Crippen LogP contribution in [0.4, 0.5) is 0 Å². The molecule has 1 atom stereocenters. The first kappa shape index (κ1) is 19.2. The van der Waals surface area contributed by atoms with Crippen molar-refractivity contribution in [3.05, 3.63) is 71.3 Å². The number of rotatable bonds is 5. The van der Waals surface area contributed by atoms with Crippen LogP contribution < -0.4 is 5.32 Å². The number of hydrogen-bond donors (Lipinski definition) is 1. The normalized spacial score (nSPS) is 20.9. The molecular weight excluding hydrogens is 346 g/mol. The number of aryl methyl sites for hydroxylation is 1. The summed E-state index contributed by atoms with van der Waals surface area (Å²) in [6.07, 6.45) is 4.45. The lowest BCUT2D eigenvalue weighted by atomic mass is 9.88. The molecule has 4 rings (SSSR count). The first-order valence-electron chi connectivity index (χ1n) is 10.6. The van der Waals surface area contributed by atoms with Gasteiger partial charge in [-0.05, 0) is 55.5 Å². The van der Waals surface area contributed by atoms with Crippen molar-refractivity contribution in [2.45, 2.75) is 38.3 Å². The van der Waals surface area contributed by atoms with Gasteiger partial charge in [0, 0.05) is 19.6 Å². The van der Waals surface area contributed by atoms with E-state index in [9.17, 15) is 4.79 Å². The van der Waals surface area contributed by atoms with E-state index in [1.165, 1.54) is 16.7 Å². The van der Waals surface area contributed by atoms with Crippen LogP contribution in [0.1, 0.15) is 42.0 Å². The zero-order chi connectivity index (χ0) is 19.2. The average molecular weight is 378 g/mol. The van der Waals surface area contributed by atoms with Crippen molar-refractivity contribution >= 4 is 5.91 Å². The van der Waals surface area contributed by atoms with E-state index in [2.05, 4.69) is 69.7 Å². The summed E-state index contributed by atoms with van der Waals surface area (Å²) >= 11 is 0. The molecule has 0 radical (unpaired) electrons. The van der Waals surface area contributed by atoms with Crippen LogP contribution in [-0.2, 0) is 17.8 Å². The summed E-state index contributed by atoms with van der Waals surface area (Å²) in [5.41, 5.74) is 4.07. The predicted octanol–water partition coefficient (Wildman–Crippen LogP) is 3.39. The molecule has 2 aromatic carbocycles. The fourth-order valence-corrected chi connectivity index (χ4v) is 4.53. The Kier molecular flexibility index (Phi) is 6.40. The van der Waals surface area contributed by atoms with Crippen LogP contribution in [0.15, 0.2) is 54.6 Å². The van der Waals surface area contributed by atoms with Crippen molar-refractivity contribution in [1.29, 1.82) is 0 Å². The quantitative estimate of drug-likeness (QED) is 0.868. The van der Waals surface area contributed by atoms with Crippen LogP contribution in [-0.4, -0.2) is 48.4 Å². The Hall–Kier alpha value is -2.17. The van der Waals surface area contributed by atoms with E-state index in [0.717, 1.165) is 58.4 Å². The highest BCUT2D eigenvalue weighted by Gasteiger charge is 2.23. The Morgan fingerprint density at radius 1 is 0.893 bits per heavy atom. The van der Waals surface area contributed by atoms with Crippen LogP contribution in [0.5, 0.6) is 0 Å². The molecule has 0 aromatic heterocycles. The summed E-state index contributed by atoms with van der Waals surface area (Å²) in [5, 5.41) is 3.30. The molecule has 0 bridgehead atoms. The highest BCUT2D eigenvalue weighted by molar-refractivity contribution is 5.78. The monoisotopic (exact) mass is 377 g/mol. The van der Waals surface area contributed by atoms with Crippen LogP contribution >= 0.6 is 0 Å². The van der Waals surface area contributed by atoms with Gasteiger partial charge in [0.25, 0.3) is 0 Å². The van der Waals surface area contributed by atoms with Gasteiger partial charge in [-0.1, -0.05) is 54.6 Å². The molecule has 1 amide bonds. The lowest BCUT2D eigenvalue weighted by molar-refractivity contribution is -0.123. The van der Waals surface area contributed by atoms with Gasteiger partial charge in [-0.15, -0.1) is 0 Å². The van der Waals surface area contributed by atoms with Crippen molar-refractivity contribution < 1.29 is 4.79 Å². The predicted molar refractivity (Wildman–Crippen MR) is 113 cm³/mol. The Labute approximate surface area is 168 Å². The molecule has 2 aliphatic rings. The van der Waals surface area contributed by atoms with Crippen molar-refractivity contribution in [3.63, 3.8) is 0 Å². The Bertz CT molecular complexity index is 776. The van der Waals surface area contributed by atoms with Gasteiger partial charge in [-0.3, -0.25) is 14.6 Å². The molecule has 28 heavy (non-hydrogen) atoms. The molecule has 1 aliphatic heterocycles. The molecule has 4 nitrogen and oxygen atoms in total. The molecule has 1 heterocycles. The van der Waals surface area contributed by atoms with E-state index < -0.39 is 0 Å². The number of hydrogen-bond acceptors (Lipinski definition) is 3. The maximum Gasteiger partial charge on any atom is 0.234 e. The maximum atomic E-state index is 12.7.